The van der Waals surface area contributed by atoms with Gasteiger partial charge in [0.25, 0.3) is 0 Å². The van der Waals surface area contributed by atoms with Crippen LogP contribution in [0.5, 0.6) is 0 Å². The number of nitrogens with two attached hydrogens (primary N) is 2. The maximum Gasteiger partial charge on any atom is 1.00 e. The van der Waals surface area contributed by atoms with Crippen LogP contribution in [0.25, 0.3) is 0 Å². The SMILES string of the molecule is NC(N)(CCCCC(=O)O)C(=O)O.[H-].[Na+]. The molecule has 0 fully saturated rings. The van der Waals surface area contributed by atoms with Crippen molar-refractivity contribution >= 4 is 11.9 Å². The normalized spacial score (nSPS) is 10.4. The van der Waals surface area contributed by atoms with Crippen molar-refractivity contribution in [2.45, 2.75) is 31.3 Å². The van der Waals surface area contributed by atoms with E-state index in [0.717, 1.165) is 0 Å². The van der Waals surface area contributed by atoms with Gasteiger partial charge in [0.2, 0.25) is 0 Å². The van der Waals surface area contributed by atoms with Crippen LogP contribution in [0.4, 0.5) is 0 Å². The summed E-state index contributed by atoms with van der Waals surface area (Å²) < 4.78 is 0. The Bertz CT molecular complexity index is 213. The van der Waals surface area contributed by atoms with E-state index in [0.29, 0.717) is 12.8 Å². The summed E-state index contributed by atoms with van der Waals surface area (Å²) in [6, 6.07) is 0. The fourth-order valence-corrected chi connectivity index (χ4v) is 0.801. The number of hydrogen-bond acceptors (Lipinski definition) is 4. The van der Waals surface area contributed by atoms with E-state index in [4.69, 9.17) is 21.7 Å². The average molecular weight is 214 g/mol. The molecular formula is C7H15N2NaO4. The van der Waals surface area contributed by atoms with Gasteiger partial charge in [-0.15, -0.1) is 0 Å². The average Bonchev–Trinajstić information content (AvgIpc) is 1.97. The van der Waals surface area contributed by atoms with Gasteiger partial charge in [-0.05, 0) is 19.3 Å². The summed E-state index contributed by atoms with van der Waals surface area (Å²) in [7, 11) is 0. The van der Waals surface area contributed by atoms with Gasteiger partial charge in [-0.2, -0.15) is 0 Å². The summed E-state index contributed by atoms with van der Waals surface area (Å²) in [5.74, 6) is -2.18. The molecule has 0 atom stereocenters. The standard InChI is InChI=1S/C7H14N2O4.Na.H/c8-7(9,6(12)13)4-2-1-3-5(10)11;;/h1-4,8-9H2,(H,10,11)(H,12,13);;/q;+1;-1. The van der Waals surface area contributed by atoms with Crippen LogP contribution >= 0.6 is 0 Å². The van der Waals surface area contributed by atoms with E-state index in [-0.39, 0.29) is 43.8 Å². The molecule has 0 aliphatic rings. The van der Waals surface area contributed by atoms with Crippen LogP contribution in [0, 0.1) is 0 Å². The predicted molar refractivity (Wildman–Crippen MR) is 46.0 cm³/mol. The first kappa shape index (κ1) is 16.3. The van der Waals surface area contributed by atoms with Crippen molar-refractivity contribution in [2.24, 2.45) is 11.5 Å². The molecule has 0 rings (SSSR count). The first-order valence-electron chi connectivity index (χ1n) is 3.89. The van der Waals surface area contributed by atoms with Crippen LogP contribution in [0.15, 0.2) is 0 Å². The number of unbranched alkanes of at least 4 members (excludes halogenated alkanes) is 1. The molecule has 0 unspecified atom stereocenters. The van der Waals surface area contributed by atoms with E-state index < -0.39 is 17.6 Å². The van der Waals surface area contributed by atoms with Crippen LogP contribution in [-0.4, -0.2) is 27.8 Å². The molecule has 0 saturated heterocycles. The van der Waals surface area contributed by atoms with Gasteiger partial charge < -0.3 is 23.1 Å². The predicted octanol–water partition coefficient (Wildman–Crippen LogP) is -3.55. The molecule has 0 aromatic heterocycles. The number of carbonyl (C=O) groups is 2. The molecule has 0 saturated carbocycles. The smallest absolute Gasteiger partial charge is 1.00 e. The Morgan fingerprint density at radius 1 is 1.21 bits per heavy atom. The molecule has 6 N–H and O–H groups in total. The summed E-state index contributed by atoms with van der Waals surface area (Å²) >= 11 is 0. The summed E-state index contributed by atoms with van der Waals surface area (Å²) in [6.07, 6.45) is 0.871. The molecule has 0 aliphatic carbocycles. The summed E-state index contributed by atoms with van der Waals surface area (Å²) in [5, 5.41) is 16.8. The van der Waals surface area contributed by atoms with Crippen molar-refractivity contribution in [3.8, 4) is 0 Å². The largest absolute Gasteiger partial charge is 1.00 e. The molecule has 7 heteroatoms. The maximum absolute atomic E-state index is 10.4. The number of rotatable bonds is 6. The van der Waals surface area contributed by atoms with Crippen LogP contribution < -0.4 is 41.0 Å². The van der Waals surface area contributed by atoms with Gasteiger partial charge in [0.15, 0.2) is 5.66 Å². The van der Waals surface area contributed by atoms with Crippen molar-refractivity contribution in [1.29, 1.82) is 0 Å². The Morgan fingerprint density at radius 3 is 2.07 bits per heavy atom. The van der Waals surface area contributed by atoms with Gasteiger partial charge >= 0.3 is 41.5 Å². The fourth-order valence-electron chi connectivity index (χ4n) is 0.801. The summed E-state index contributed by atoms with van der Waals surface area (Å²) in [5.41, 5.74) is 8.68. The third-order valence-electron chi connectivity index (χ3n) is 1.63. The topological polar surface area (TPSA) is 127 Å². The third-order valence-corrected chi connectivity index (χ3v) is 1.63. The van der Waals surface area contributed by atoms with E-state index in [1.54, 1.807) is 0 Å². The molecule has 0 aromatic carbocycles. The Hall–Kier alpha value is -0.140. The molecule has 14 heavy (non-hydrogen) atoms. The number of carboxylic acids is 2. The molecule has 0 aliphatic heterocycles. The van der Waals surface area contributed by atoms with Crippen LogP contribution in [-0.2, 0) is 9.59 Å². The molecule has 0 spiro atoms. The molecule has 0 amide bonds. The zero-order chi connectivity index (χ0) is 10.5. The monoisotopic (exact) mass is 214 g/mol. The maximum atomic E-state index is 10.4. The van der Waals surface area contributed by atoms with Crippen molar-refractivity contribution in [1.82, 2.24) is 0 Å². The molecule has 0 radical (unpaired) electrons. The zero-order valence-electron chi connectivity index (χ0n) is 9.19. The Morgan fingerprint density at radius 2 is 1.71 bits per heavy atom. The van der Waals surface area contributed by atoms with E-state index in [1.807, 2.05) is 0 Å². The van der Waals surface area contributed by atoms with Crippen molar-refractivity contribution < 1.29 is 50.8 Å². The summed E-state index contributed by atoms with van der Waals surface area (Å²) in [6.45, 7) is 0. The zero-order valence-corrected chi connectivity index (χ0v) is 10.2. The Balaban J connectivity index is -0.000000720. The van der Waals surface area contributed by atoms with Crippen molar-refractivity contribution in [3.63, 3.8) is 0 Å². The van der Waals surface area contributed by atoms with Gasteiger partial charge in [-0.3, -0.25) is 4.79 Å². The molecular weight excluding hydrogens is 199 g/mol. The van der Waals surface area contributed by atoms with Gasteiger partial charge in [0.05, 0.1) is 0 Å². The second kappa shape index (κ2) is 7.19. The van der Waals surface area contributed by atoms with Gasteiger partial charge in [0, 0.05) is 6.42 Å². The second-order valence-corrected chi connectivity index (χ2v) is 2.95. The second-order valence-electron chi connectivity index (χ2n) is 2.95. The van der Waals surface area contributed by atoms with Gasteiger partial charge in [0.1, 0.15) is 0 Å². The van der Waals surface area contributed by atoms with E-state index in [9.17, 15) is 9.59 Å². The minimum atomic E-state index is -1.74. The van der Waals surface area contributed by atoms with Gasteiger partial charge in [-0.1, -0.05) is 0 Å². The van der Waals surface area contributed by atoms with Crippen molar-refractivity contribution in [2.75, 3.05) is 0 Å². The Labute approximate surface area is 105 Å². The van der Waals surface area contributed by atoms with E-state index >= 15 is 0 Å². The summed E-state index contributed by atoms with van der Waals surface area (Å²) in [4.78, 5) is 20.5. The first-order valence-corrected chi connectivity index (χ1v) is 3.89. The first-order chi connectivity index (χ1) is 5.86. The number of hydrogen-bond donors (Lipinski definition) is 4. The van der Waals surface area contributed by atoms with E-state index in [2.05, 4.69) is 0 Å². The molecule has 6 nitrogen and oxygen atoms in total. The fraction of sp³-hybridized carbons (Fsp3) is 0.714. The Kier molecular flexibility index (Phi) is 8.37. The molecule has 78 valence electrons. The van der Waals surface area contributed by atoms with Crippen LogP contribution in [0.2, 0.25) is 0 Å². The third kappa shape index (κ3) is 7.28. The molecule has 0 bridgehead atoms. The minimum Gasteiger partial charge on any atom is -1.00 e. The molecule has 0 heterocycles. The number of aliphatic carboxylic acids is 2. The molecule has 0 aromatic rings. The van der Waals surface area contributed by atoms with E-state index in [1.165, 1.54) is 0 Å². The quantitative estimate of drug-likeness (QED) is 0.206. The van der Waals surface area contributed by atoms with Crippen molar-refractivity contribution in [3.05, 3.63) is 0 Å². The van der Waals surface area contributed by atoms with Crippen LogP contribution in [0.1, 0.15) is 27.1 Å². The number of carboxylic acid groups (broad SMARTS) is 2. The van der Waals surface area contributed by atoms with Crippen LogP contribution in [0.3, 0.4) is 0 Å². The minimum absolute atomic E-state index is 0. The van der Waals surface area contributed by atoms with Gasteiger partial charge in [-0.25, -0.2) is 4.79 Å².